The van der Waals surface area contributed by atoms with Crippen LogP contribution in [0.4, 0.5) is 0 Å². The highest BCUT2D eigenvalue weighted by Crippen LogP contribution is 2.39. The third kappa shape index (κ3) is 19.8. The molecule has 0 unspecified atom stereocenters. The summed E-state index contributed by atoms with van der Waals surface area (Å²) in [4.78, 5) is 49.8. The normalized spacial score (nSPS) is 17.7. The van der Waals surface area contributed by atoms with Crippen LogP contribution in [0.15, 0.2) is 97.1 Å². The van der Waals surface area contributed by atoms with Gasteiger partial charge in [-0.3, -0.25) is 9.59 Å². The number of unbranched alkanes of at least 4 members (excludes halogenated alkanes) is 4. The molecule has 0 spiro atoms. The minimum atomic E-state index is -0.403. The maximum absolute atomic E-state index is 12.8. The fourth-order valence-electron chi connectivity index (χ4n) is 9.86. The SMILES string of the molecule is CCCC1CCC(c2ccc(OC(=O)c3ccc(OCCCCCC(=O)OCCOCCOC(=O)CCCCCOc4ccc(C(=O)Oc5ccc(C6CCC(CCC)CC6)cc5)cc4)cc3)cc2)CC1. The van der Waals surface area contributed by atoms with Crippen LogP contribution in [-0.4, -0.2) is 63.5 Å². The summed E-state index contributed by atoms with van der Waals surface area (Å²) in [6.07, 6.45) is 20.5. The highest BCUT2D eigenvalue weighted by atomic mass is 16.6. The fourth-order valence-corrected chi connectivity index (χ4v) is 9.86. The third-order valence-electron chi connectivity index (χ3n) is 14.0. The molecule has 0 N–H and O–H groups in total. The molecule has 0 atom stereocenters. The molecule has 0 radical (unpaired) electrons. The van der Waals surface area contributed by atoms with E-state index in [4.69, 9.17) is 33.2 Å². The number of hydrogen-bond donors (Lipinski definition) is 0. The second kappa shape index (κ2) is 30.9. The molecule has 0 aliphatic heterocycles. The maximum atomic E-state index is 12.8. The summed E-state index contributed by atoms with van der Waals surface area (Å²) in [6, 6.07) is 29.9. The number of carbonyl (C=O) groups excluding carboxylic acids is 4. The van der Waals surface area contributed by atoms with Gasteiger partial charge in [-0.25, -0.2) is 9.59 Å². The van der Waals surface area contributed by atoms with E-state index in [1.807, 2.05) is 24.3 Å². The summed E-state index contributed by atoms with van der Waals surface area (Å²) in [5.41, 5.74) is 3.57. The number of esters is 4. The van der Waals surface area contributed by atoms with Gasteiger partial charge >= 0.3 is 23.9 Å². The van der Waals surface area contributed by atoms with Crippen molar-refractivity contribution in [2.75, 3.05) is 39.6 Å². The predicted octanol–water partition coefficient (Wildman–Crippen LogP) is 14.0. The van der Waals surface area contributed by atoms with Gasteiger partial charge in [0.05, 0.1) is 37.6 Å². The van der Waals surface area contributed by atoms with E-state index in [0.29, 0.717) is 84.9 Å². The highest BCUT2D eigenvalue weighted by Gasteiger charge is 2.23. The van der Waals surface area contributed by atoms with Crippen molar-refractivity contribution in [3.05, 3.63) is 119 Å². The molecule has 2 aliphatic rings. The molecular formula is C60H78O11. The lowest BCUT2D eigenvalue weighted by Crippen LogP contribution is -2.14. The van der Waals surface area contributed by atoms with E-state index >= 15 is 0 Å². The Morgan fingerprint density at radius 3 is 1.14 bits per heavy atom. The van der Waals surface area contributed by atoms with Crippen molar-refractivity contribution in [2.24, 2.45) is 11.8 Å². The van der Waals surface area contributed by atoms with Crippen LogP contribution in [0.3, 0.4) is 0 Å². The second-order valence-corrected chi connectivity index (χ2v) is 19.4. The molecule has 0 aromatic heterocycles. The monoisotopic (exact) mass is 975 g/mol. The Morgan fingerprint density at radius 1 is 0.408 bits per heavy atom. The quantitative estimate of drug-likeness (QED) is 0.0281. The van der Waals surface area contributed by atoms with Crippen LogP contribution in [-0.2, 0) is 23.8 Å². The Balaban J connectivity index is 0.697. The first-order valence-electron chi connectivity index (χ1n) is 26.7. The van der Waals surface area contributed by atoms with Crippen LogP contribution < -0.4 is 18.9 Å². The first kappa shape index (κ1) is 54.6. The van der Waals surface area contributed by atoms with E-state index in [-0.39, 0.29) is 38.4 Å². The average molecular weight is 975 g/mol. The summed E-state index contributed by atoms with van der Waals surface area (Å²) >= 11 is 0. The van der Waals surface area contributed by atoms with Gasteiger partial charge in [-0.2, -0.15) is 0 Å². The molecule has 6 rings (SSSR count). The van der Waals surface area contributed by atoms with Gasteiger partial charge in [0.25, 0.3) is 0 Å². The summed E-state index contributed by atoms with van der Waals surface area (Å²) in [5.74, 6) is 3.99. The lowest BCUT2D eigenvalue weighted by Gasteiger charge is -2.28. The molecule has 2 saturated carbocycles. The molecule has 0 heterocycles. The molecule has 0 saturated heterocycles. The van der Waals surface area contributed by atoms with E-state index in [2.05, 4.69) is 38.1 Å². The first-order chi connectivity index (χ1) is 34.8. The Bertz CT molecular complexity index is 2000. The highest BCUT2D eigenvalue weighted by molar-refractivity contribution is 5.91. The molecule has 384 valence electrons. The molecular weight excluding hydrogens is 897 g/mol. The topological polar surface area (TPSA) is 133 Å². The molecule has 4 aromatic carbocycles. The molecule has 2 aliphatic carbocycles. The van der Waals surface area contributed by atoms with Crippen LogP contribution in [0.1, 0.15) is 186 Å². The van der Waals surface area contributed by atoms with Gasteiger partial charge in [0.2, 0.25) is 0 Å². The van der Waals surface area contributed by atoms with Gasteiger partial charge in [0.15, 0.2) is 0 Å². The molecule has 11 heteroatoms. The standard InChI is InChI=1S/C60H78O11/c1-3-11-45-15-19-47(20-16-45)49-23-35-55(36-24-49)70-59(63)51-27-31-53(32-28-51)66-39-9-5-7-13-57(61)68-43-41-65-42-44-69-58(62)14-8-6-10-40-67-54-33-29-52(30-34-54)60(64)71-56-37-25-50(26-38-56)48-21-17-46(12-4-2)18-22-48/h23-38,45-48H,3-22,39-44H2,1-2H3. The third-order valence-corrected chi connectivity index (χ3v) is 14.0. The smallest absolute Gasteiger partial charge is 0.343 e. The zero-order chi connectivity index (χ0) is 49.9. The lowest BCUT2D eigenvalue weighted by atomic mass is 9.77. The Kier molecular flexibility index (Phi) is 23.8. The number of ether oxygens (including phenoxy) is 7. The van der Waals surface area contributed by atoms with Crippen molar-refractivity contribution >= 4 is 23.9 Å². The van der Waals surface area contributed by atoms with E-state index in [1.54, 1.807) is 48.5 Å². The summed E-state index contributed by atoms with van der Waals surface area (Å²) < 4.78 is 38.9. The van der Waals surface area contributed by atoms with E-state index in [9.17, 15) is 19.2 Å². The summed E-state index contributed by atoms with van der Waals surface area (Å²) in [5, 5.41) is 0. The Labute approximate surface area is 422 Å². The van der Waals surface area contributed by atoms with Gasteiger partial charge in [0, 0.05) is 12.8 Å². The lowest BCUT2D eigenvalue weighted by molar-refractivity contribution is -0.146. The minimum Gasteiger partial charge on any atom is -0.494 e. The fraction of sp³-hybridized carbons (Fsp3) is 0.533. The van der Waals surface area contributed by atoms with Gasteiger partial charge in [-0.1, -0.05) is 63.8 Å². The van der Waals surface area contributed by atoms with Crippen LogP contribution in [0.5, 0.6) is 23.0 Å². The average Bonchev–Trinajstić information content (AvgIpc) is 3.39. The van der Waals surface area contributed by atoms with Gasteiger partial charge in [0.1, 0.15) is 36.2 Å². The van der Waals surface area contributed by atoms with Gasteiger partial charge in [-0.05, 0) is 197 Å². The number of carbonyl (C=O) groups is 4. The molecule has 0 amide bonds. The van der Waals surface area contributed by atoms with Crippen molar-refractivity contribution in [1.82, 2.24) is 0 Å². The van der Waals surface area contributed by atoms with E-state index in [1.165, 1.54) is 88.2 Å². The molecule has 2 fully saturated rings. The summed E-state index contributed by atoms with van der Waals surface area (Å²) in [7, 11) is 0. The van der Waals surface area contributed by atoms with Crippen molar-refractivity contribution in [3.63, 3.8) is 0 Å². The molecule has 71 heavy (non-hydrogen) atoms. The Hall–Kier alpha value is -5.68. The zero-order valence-corrected chi connectivity index (χ0v) is 42.4. The van der Waals surface area contributed by atoms with Crippen molar-refractivity contribution in [3.8, 4) is 23.0 Å². The van der Waals surface area contributed by atoms with Crippen molar-refractivity contribution in [2.45, 2.75) is 154 Å². The predicted molar refractivity (Wildman–Crippen MR) is 276 cm³/mol. The number of rotatable bonds is 30. The minimum absolute atomic E-state index is 0.138. The largest absolute Gasteiger partial charge is 0.494 e. The van der Waals surface area contributed by atoms with Gasteiger partial charge in [-0.15, -0.1) is 0 Å². The maximum Gasteiger partial charge on any atom is 0.343 e. The van der Waals surface area contributed by atoms with Crippen molar-refractivity contribution < 1.29 is 52.3 Å². The Morgan fingerprint density at radius 2 is 0.775 bits per heavy atom. The van der Waals surface area contributed by atoms with E-state index in [0.717, 1.165) is 37.5 Å². The zero-order valence-electron chi connectivity index (χ0n) is 42.4. The van der Waals surface area contributed by atoms with E-state index < -0.39 is 11.9 Å². The second-order valence-electron chi connectivity index (χ2n) is 19.4. The number of hydrogen-bond acceptors (Lipinski definition) is 11. The van der Waals surface area contributed by atoms with Crippen LogP contribution >= 0.6 is 0 Å². The van der Waals surface area contributed by atoms with Crippen LogP contribution in [0.25, 0.3) is 0 Å². The molecule has 0 bridgehead atoms. The van der Waals surface area contributed by atoms with Crippen molar-refractivity contribution in [1.29, 1.82) is 0 Å². The first-order valence-corrected chi connectivity index (χ1v) is 26.7. The van der Waals surface area contributed by atoms with Crippen LogP contribution in [0.2, 0.25) is 0 Å². The number of benzene rings is 4. The molecule has 11 nitrogen and oxygen atoms in total. The molecule has 4 aromatic rings. The summed E-state index contributed by atoms with van der Waals surface area (Å²) in [6.45, 7) is 6.25. The van der Waals surface area contributed by atoms with Gasteiger partial charge < -0.3 is 33.2 Å². The van der Waals surface area contributed by atoms with Crippen LogP contribution in [0, 0.1) is 11.8 Å².